The molecule has 72 valence electrons. The largest absolute Gasteiger partial charge is 0.392 e. The zero-order valence-electron chi connectivity index (χ0n) is 8.36. The lowest BCUT2D eigenvalue weighted by atomic mass is 10.0. The first-order chi connectivity index (χ1) is 6.13. The van der Waals surface area contributed by atoms with Crippen LogP contribution in [-0.2, 0) is 7.05 Å². The van der Waals surface area contributed by atoms with Gasteiger partial charge in [0.25, 0.3) is 0 Å². The number of hydrogen-bond donors (Lipinski definition) is 1. The van der Waals surface area contributed by atoms with E-state index >= 15 is 0 Å². The minimum Gasteiger partial charge on any atom is -0.392 e. The fraction of sp³-hybridized carbons (Fsp3) is 0.500. The van der Waals surface area contributed by atoms with Gasteiger partial charge in [0.2, 0.25) is 0 Å². The van der Waals surface area contributed by atoms with Crippen molar-refractivity contribution in [2.75, 3.05) is 6.61 Å². The summed E-state index contributed by atoms with van der Waals surface area (Å²) in [7, 11) is 1.88. The van der Waals surface area contributed by atoms with Gasteiger partial charge in [-0.1, -0.05) is 19.9 Å². The average molecular weight is 180 g/mol. The Labute approximate surface area is 78.7 Å². The molecule has 0 aliphatic carbocycles. The number of aliphatic hydroxyl groups is 1. The molecule has 1 N–H and O–H groups in total. The summed E-state index contributed by atoms with van der Waals surface area (Å²) in [6, 6.07) is 0. The first-order valence-corrected chi connectivity index (χ1v) is 4.43. The standard InChI is InChI=1S/C10H16N2O/c1-8(2)10(7-13)4-9-5-11-12(3)6-9/h4-6,8,13H,7H2,1-3H3. The van der Waals surface area contributed by atoms with Crippen molar-refractivity contribution in [1.82, 2.24) is 9.78 Å². The van der Waals surface area contributed by atoms with Crippen molar-refractivity contribution in [3.8, 4) is 0 Å². The molecule has 3 nitrogen and oxygen atoms in total. The summed E-state index contributed by atoms with van der Waals surface area (Å²) < 4.78 is 1.75. The molecule has 0 saturated heterocycles. The molecule has 1 heterocycles. The van der Waals surface area contributed by atoms with Gasteiger partial charge in [-0.05, 0) is 11.5 Å². The van der Waals surface area contributed by atoms with E-state index in [-0.39, 0.29) is 6.61 Å². The van der Waals surface area contributed by atoms with Crippen LogP contribution >= 0.6 is 0 Å². The van der Waals surface area contributed by atoms with E-state index in [9.17, 15) is 0 Å². The minimum atomic E-state index is 0.118. The maximum atomic E-state index is 9.07. The first-order valence-electron chi connectivity index (χ1n) is 4.43. The minimum absolute atomic E-state index is 0.118. The molecule has 0 saturated carbocycles. The van der Waals surface area contributed by atoms with E-state index < -0.39 is 0 Å². The van der Waals surface area contributed by atoms with Gasteiger partial charge in [0.1, 0.15) is 0 Å². The molecule has 0 bridgehead atoms. The molecule has 1 rings (SSSR count). The van der Waals surface area contributed by atoms with E-state index in [2.05, 4.69) is 18.9 Å². The van der Waals surface area contributed by atoms with Crippen molar-refractivity contribution >= 4 is 6.08 Å². The molecule has 0 amide bonds. The van der Waals surface area contributed by atoms with Gasteiger partial charge in [0.05, 0.1) is 12.8 Å². The number of aromatic nitrogens is 2. The Balaban J connectivity index is 2.84. The van der Waals surface area contributed by atoms with Crippen molar-refractivity contribution in [2.24, 2.45) is 13.0 Å². The summed E-state index contributed by atoms with van der Waals surface area (Å²) in [6.45, 7) is 4.25. The summed E-state index contributed by atoms with van der Waals surface area (Å²) in [5, 5.41) is 13.1. The Kier molecular flexibility index (Phi) is 3.25. The van der Waals surface area contributed by atoms with Gasteiger partial charge in [-0.25, -0.2) is 0 Å². The fourth-order valence-corrected chi connectivity index (χ4v) is 1.12. The summed E-state index contributed by atoms with van der Waals surface area (Å²) in [5.41, 5.74) is 2.08. The van der Waals surface area contributed by atoms with Gasteiger partial charge in [0.15, 0.2) is 0 Å². The topological polar surface area (TPSA) is 38.0 Å². The summed E-state index contributed by atoms with van der Waals surface area (Å²) in [5.74, 6) is 0.380. The van der Waals surface area contributed by atoms with E-state index in [1.54, 1.807) is 10.9 Å². The highest BCUT2D eigenvalue weighted by Gasteiger charge is 2.02. The number of aryl methyl sites for hydroxylation is 1. The molecule has 0 aromatic carbocycles. The van der Waals surface area contributed by atoms with Gasteiger partial charge < -0.3 is 5.11 Å². The van der Waals surface area contributed by atoms with Crippen LogP contribution in [0.1, 0.15) is 19.4 Å². The molecular formula is C10H16N2O. The van der Waals surface area contributed by atoms with E-state index in [1.165, 1.54) is 0 Å². The maximum absolute atomic E-state index is 9.07. The Morgan fingerprint density at radius 3 is 2.77 bits per heavy atom. The third-order valence-electron chi connectivity index (χ3n) is 2.00. The van der Waals surface area contributed by atoms with Crippen molar-refractivity contribution < 1.29 is 5.11 Å². The highest BCUT2D eigenvalue weighted by atomic mass is 16.3. The van der Waals surface area contributed by atoms with Crippen LogP contribution in [0.4, 0.5) is 0 Å². The highest BCUT2D eigenvalue weighted by Crippen LogP contribution is 2.13. The van der Waals surface area contributed by atoms with E-state index in [0.717, 1.165) is 11.1 Å². The SMILES string of the molecule is CC(C)C(=Cc1cnn(C)c1)CO. The van der Waals surface area contributed by atoms with Gasteiger partial charge >= 0.3 is 0 Å². The number of hydrogen-bond acceptors (Lipinski definition) is 2. The van der Waals surface area contributed by atoms with Crippen LogP contribution in [0.15, 0.2) is 18.0 Å². The van der Waals surface area contributed by atoms with Crippen molar-refractivity contribution in [1.29, 1.82) is 0 Å². The smallest absolute Gasteiger partial charge is 0.0647 e. The predicted octanol–water partition coefficient (Wildman–Crippen LogP) is 1.45. The Morgan fingerprint density at radius 1 is 1.69 bits per heavy atom. The molecule has 0 radical (unpaired) electrons. The van der Waals surface area contributed by atoms with Crippen LogP contribution in [0.2, 0.25) is 0 Å². The van der Waals surface area contributed by atoms with Crippen molar-refractivity contribution in [3.05, 3.63) is 23.5 Å². The zero-order chi connectivity index (χ0) is 9.84. The Morgan fingerprint density at radius 2 is 2.38 bits per heavy atom. The molecule has 1 aromatic heterocycles. The predicted molar refractivity (Wildman–Crippen MR) is 53.1 cm³/mol. The first kappa shape index (κ1) is 9.99. The second-order valence-electron chi connectivity index (χ2n) is 3.48. The second kappa shape index (κ2) is 4.23. The quantitative estimate of drug-likeness (QED) is 0.764. The lowest BCUT2D eigenvalue weighted by Crippen LogP contribution is -1.98. The van der Waals surface area contributed by atoms with E-state index in [4.69, 9.17) is 5.11 Å². The molecule has 0 aliphatic rings. The third kappa shape index (κ3) is 2.70. The van der Waals surface area contributed by atoms with E-state index in [0.29, 0.717) is 5.92 Å². The zero-order valence-corrected chi connectivity index (χ0v) is 8.36. The van der Waals surface area contributed by atoms with Crippen LogP contribution < -0.4 is 0 Å². The Hall–Kier alpha value is -1.09. The van der Waals surface area contributed by atoms with Crippen LogP contribution in [0.3, 0.4) is 0 Å². The van der Waals surface area contributed by atoms with Crippen molar-refractivity contribution in [3.63, 3.8) is 0 Å². The lowest BCUT2D eigenvalue weighted by molar-refractivity contribution is 0.320. The van der Waals surface area contributed by atoms with Crippen LogP contribution in [0, 0.1) is 5.92 Å². The fourth-order valence-electron chi connectivity index (χ4n) is 1.12. The molecule has 0 atom stereocenters. The van der Waals surface area contributed by atoms with Crippen LogP contribution in [0.5, 0.6) is 0 Å². The van der Waals surface area contributed by atoms with Gasteiger partial charge in [-0.3, -0.25) is 4.68 Å². The van der Waals surface area contributed by atoms with Crippen molar-refractivity contribution in [2.45, 2.75) is 13.8 Å². The average Bonchev–Trinajstić information content (AvgIpc) is 2.46. The maximum Gasteiger partial charge on any atom is 0.0647 e. The second-order valence-corrected chi connectivity index (χ2v) is 3.48. The normalized spacial score (nSPS) is 12.5. The van der Waals surface area contributed by atoms with Gasteiger partial charge in [0, 0.05) is 18.8 Å². The molecule has 13 heavy (non-hydrogen) atoms. The summed E-state index contributed by atoms with van der Waals surface area (Å²) >= 11 is 0. The highest BCUT2D eigenvalue weighted by molar-refractivity contribution is 5.51. The molecule has 0 spiro atoms. The Bertz CT molecular complexity index is 300. The molecule has 0 unspecified atom stereocenters. The monoisotopic (exact) mass is 180 g/mol. The van der Waals surface area contributed by atoms with Gasteiger partial charge in [-0.15, -0.1) is 0 Å². The molecule has 1 aromatic rings. The van der Waals surface area contributed by atoms with Gasteiger partial charge in [-0.2, -0.15) is 5.10 Å². The molecule has 3 heteroatoms. The lowest BCUT2D eigenvalue weighted by Gasteiger charge is -2.06. The number of aliphatic hydroxyl groups excluding tert-OH is 1. The third-order valence-corrected chi connectivity index (χ3v) is 2.00. The summed E-state index contributed by atoms with van der Waals surface area (Å²) in [4.78, 5) is 0. The number of rotatable bonds is 3. The molecule has 0 fully saturated rings. The summed E-state index contributed by atoms with van der Waals surface area (Å²) in [6.07, 6.45) is 5.70. The number of nitrogens with zero attached hydrogens (tertiary/aromatic N) is 2. The molecule has 0 aliphatic heterocycles. The van der Waals surface area contributed by atoms with Crippen LogP contribution in [-0.4, -0.2) is 21.5 Å². The van der Waals surface area contributed by atoms with E-state index in [1.807, 2.05) is 19.3 Å². The molecular weight excluding hydrogens is 164 g/mol. The van der Waals surface area contributed by atoms with Crippen LogP contribution in [0.25, 0.3) is 6.08 Å².